The molecule has 2 rings (SSSR count). The van der Waals surface area contributed by atoms with E-state index in [1.165, 1.54) is 6.42 Å². The van der Waals surface area contributed by atoms with Crippen LogP contribution in [-0.4, -0.2) is 34.7 Å². The molecule has 1 aromatic rings. The van der Waals surface area contributed by atoms with Gasteiger partial charge in [0.1, 0.15) is 11.8 Å². The number of aliphatic hydroxyl groups excluding tert-OH is 1. The number of rotatable bonds is 4. The molecule has 0 spiro atoms. The van der Waals surface area contributed by atoms with Crippen molar-refractivity contribution >= 4 is 0 Å². The third kappa shape index (κ3) is 2.49. The summed E-state index contributed by atoms with van der Waals surface area (Å²) in [6.45, 7) is 2.21. The van der Waals surface area contributed by atoms with Gasteiger partial charge in [-0.25, -0.2) is 0 Å². The van der Waals surface area contributed by atoms with Crippen LogP contribution in [0.15, 0.2) is 6.20 Å². The third-order valence-corrected chi connectivity index (χ3v) is 4.32. The average Bonchev–Trinajstić information content (AvgIpc) is 2.78. The maximum absolute atomic E-state index is 10.8. The van der Waals surface area contributed by atoms with E-state index in [0.29, 0.717) is 17.4 Å². The molecule has 0 radical (unpaired) electrons. The lowest BCUT2D eigenvalue weighted by atomic mass is 9.74. The second-order valence-corrected chi connectivity index (χ2v) is 5.59. The van der Waals surface area contributed by atoms with Crippen LogP contribution in [0.1, 0.15) is 44.4 Å². The van der Waals surface area contributed by atoms with Crippen LogP contribution in [-0.2, 0) is 11.8 Å². The summed E-state index contributed by atoms with van der Waals surface area (Å²) in [5.74, 6) is 1.17. The van der Waals surface area contributed by atoms with Crippen molar-refractivity contribution in [1.82, 2.24) is 9.78 Å². The number of nitrogens with zero attached hydrogens (tertiary/aromatic N) is 2. The van der Waals surface area contributed by atoms with Gasteiger partial charge in [0.25, 0.3) is 0 Å². The minimum atomic E-state index is -0.720. The third-order valence-electron chi connectivity index (χ3n) is 4.32. The molecule has 1 aromatic heterocycles. The summed E-state index contributed by atoms with van der Waals surface area (Å²) in [6, 6.07) is 0. The Hall–Kier alpha value is -1.07. The molecule has 3 atom stereocenters. The molecular formula is C14H24N2O3. The van der Waals surface area contributed by atoms with Crippen molar-refractivity contribution in [2.45, 2.75) is 44.3 Å². The average molecular weight is 268 g/mol. The van der Waals surface area contributed by atoms with Gasteiger partial charge in [0.15, 0.2) is 5.75 Å². The number of aliphatic hydroxyl groups is 1. The van der Waals surface area contributed by atoms with Gasteiger partial charge in [0, 0.05) is 14.2 Å². The van der Waals surface area contributed by atoms with Crippen LogP contribution < -0.4 is 4.74 Å². The van der Waals surface area contributed by atoms with E-state index in [1.54, 1.807) is 25.1 Å². The Bertz CT molecular complexity index is 432. The molecule has 5 nitrogen and oxygen atoms in total. The summed E-state index contributed by atoms with van der Waals surface area (Å²) >= 11 is 0. The number of hydrogen-bond acceptors (Lipinski definition) is 4. The molecule has 1 fully saturated rings. The summed E-state index contributed by atoms with van der Waals surface area (Å²) in [5.41, 5.74) is 0.164. The number of aryl methyl sites for hydroxylation is 1. The molecule has 0 bridgehead atoms. The van der Waals surface area contributed by atoms with Crippen LogP contribution in [0.3, 0.4) is 0 Å². The molecule has 0 aromatic carbocycles. The van der Waals surface area contributed by atoms with Gasteiger partial charge in [-0.05, 0) is 18.8 Å². The van der Waals surface area contributed by atoms with Crippen LogP contribution in [0, 0.1) is 5.92 Å². The van der Waals surface area contributed by atoms with E-state index >= 15 is 0 Å². The zero-order chi connectivity index (χ0) is 14.0. The molecule has 1 aliphatic carbocycles. The SMILES string of the molecule is COc1cnn(C)c1C(O)C1(OC)CCCC(C)C1. The highest BCUT2D eigenvalue weighted by molar-refractivity contribution is 5.29. The van der Waals surface area contributed by atoms with Gasteiger partial charge in [-0.2, -0.15) is 5.10 Å². The molecule has 1 aliphatic rings. The second-order valence-electron chi connectivity index (χ2n) is 5.59. The number of aromatic nitrogens is 2. The molecule has 1 heterocycles. The van der Waals surface area contributed by atoms with Gasteiger partial charge in [-0.15, -0.1) is 0 Å². The second kappa shape index (κ2) is 5.51. The summed E-state index contributed by atoms with van der Waals surface area (Å²) in [4.78, 5) is 0. The lowest BCUT2D eigenvalue weighted by Crippen LogP contribution is -2.43. The van der Waals surface area contributed by atoms with Gasteiger partial charge in [-0.3, -0.25) is 4.68 Å². The monoisotopic (exact) mass is 268 g/mol. The van der Waals surface area contributed by atoms with Gasteiger partial charge >= 0.3 is 0 Å². The molecule has 0 aliphatic heterocycles. The van der Waals surface area contributed by atoms with Crippen molar-refractivity contribution in [2.75, 3.05) is 14.2 Å². The molecular weight excluding hydrogens is 244 g/mol. The smallest absolute Gasteiger partial charge is 0.162 e. The van der Waals surface area contributed by atoms with E-state index < -0.39 is 11.7 Å². The number of methoxy groups -OCH3 is 2. The first-order valence-electron chi connectivity index (χ1n) is 6.83. The number of hydrogen-bond donors (Lipinski definition) is 1. The summed E-state index contributed by atoms with van der Waals surface area (Å²) in [6.07, 6.45) is 4.91. The Morgan fingerprint density at radius 2 is 2.26 bits per heavy atom. The first-order chi connectivity index (χ1) is 9.04. The minimum Gasteiger partial charge on any atom is -0.493 e. The molecule has 1 saturated carbocycles. The van der Waals surface area contributed by atoms with Crippen molar-refractivity contribution in [2.24, 2.45) is 13.0 Å². The fraction of sp³-hybridized carbons (Fsp3) is 0.786. The molecule has 3 unspecified atom stereocenters. The van der Waals surface area contributed by atoms with Crippen molar-refractivity contribution in [3.05, 3.63) is 11.9 Å². The normalized spacial score (nSPS) is 29.2. The quantitative estimate of drug-likeness (QED) is 0.908. The molecule has 5 heteroatoms. The first-order valence-corrected chi connectivity index (χ1v) is 6.83. The fourth-order valence-electron chi connectivity index (χ4n) is 3.23. The molecule has 0 saturated heterocycles. The summed E-state index contributed by atoms with van der Waals surface area (Å²) < 4.78 is 12.7. The molecule has 19 heavy (non-hydrogen) atoms. The van der Waals surface area contributed by atoms with E-state index in [9.17, 15) is 5.11 Å². The van der Waals surface area contributed by atoms with Gasteiger partial charge in [0.05, 0.1) is 18.9 Å². The Kier molecular flexibility index (Phi) is 4.16. The van der Waals surface area contributed by atoms with E-state index in [1.807, 2.05) is 7.05 Å². The van der Waals surface area contributed by atoms with Crippen molar-refractivity contribution in [1.29, 1.82) is 0 Å². The lowest BCUT2D eigenvalue weighted by Gasteiger charge is -2.42. The van der Waals surface area contributed by atoms with Crippen molar-refractivity contribution in [3.63, 3.8) is 0 Å². The highest BCUT2D eigenvalue weighted by atomic mass is 16.5. The Morgan fingerprint density at radius 1 is 1.53 bits per heavy atom. The standard InChI is InChI=1S/C14H24N2O3/c1-10-6-5-7-14(8-10,19-4)13(17)12-11(18-3)9-15-16(12)2/h9-10,13,17H,5-8H2,1-4H3. The van der Waals surface area contributed by atoms with E-state index in [2.05, 4.69) is 12.0 Å². The summed E-state index contributed by atoms with van der Waals surface area (Å²) in [5, 5.41) is 15.0. The Balaban J connectivity index is 2.34. The zero-order valence-corrected chi connectivity index (χ0v) is 12.2. The van der Waals surface area contributed by atoms with Crippen molar-refractivity contribution < 1.29 is 14.6 Å². The van der Waals surface area contributed by atoms with Crippen LogP contribution in [0.25, 0.3) is 0 Å². The van der Waals surface area contributed by atoms with Crippen molar-refractivity contribution in [3.8, 4) is 5.75 Å². The predicted octanol–water partition coefficient (Wildman–Crippen LogP) is 2.06. The molecule has 0 amide bonds. The minimum absolute atomic E-state index is 0.529. The lowest BCUT2D eigenvalue weighted by molar-refractivity contribution is -0.136. The van der Waals surface area contributed by atoms with Crippen LogP contribution in [0.5, 0.6) is 5.75 Å². The maximum atomic E-state index is 10.8. The number of ether oxygens (including phenoxy) is 2. The van der Waals surface area contributed by atoms with E-state index in [-0.39, 0.29) is 0 Å². The maximum Gasteiger partial charge on any atom is 0.162 e. The van der Waals surface area contributed by atoms with Gasteiger partial charge in [-0.1, -0.05) is 19.8 Å². The Morgan fingerprint density at radius 3 is 2.84 bits per heavy atom. The van der Waals surface area contributed by atoms with Crippen LogP contribution >= 0.6 is 0 Å². The summed E-state index contributed by atoms with van der Waals surface area (Å²) in [7, 11) is 5.09. The van der Waals surface area contributed by atoms with Crippen LogP contribution in [0.4, 0.5) is 0 Å². The molecule has 108 valence electrons. The topological polar surface area (TPSA) is 56.5 Å². The predicted molar refractivity (Wildman–Crippen MR) is 72.1 cm³/mol. The highest BCUT2D eigenvalue weighted by Gasteiger charge is 2.44. The zero-order valence-electron chi connectivity index (χ0n) is 12.2. The fourth-order valence-corrected chi connectivity index (χ4v) is 3.23. The van der Waals surface area contributed by atoms with Crippen LogP contribution in [0.2, 0.25) is 0 Å². The Labute approximate surface area is 114 Å². The first kappa shape index (κ1) is 14.3. The highest BCUT2D eigenvalue weighted by Crippen LogP contribution is 2.44. The molecule has 1 N–H and O–H groups in total. The van der Waals surface area contributed by atoms with Gasteiger partial charge in [0.2, 0.25) is 0 Å². The van der Waals surface area contributed by atoms with E-state index in [0.717, 1.165) is 19.3 Å². The largest absolute Gasteiger partial charge is 0.493 e. The van der Waals surface area contributed by atoms with Gasteiger partial charge < -0.3 is 14.6 Å². The van der Waals surface area contributed by atoms with E-state index in [4.69, 9.17) is 9.47 Å².